The molecule has 0 aromatic rings. The maximum Gasteiger partial charge on any atom is 0.0108 e. The Morgan fingerprint density at radius 1 is 0.714 bits per heavy atom. The largest absolute Gasteiger partial charge is 0.115 e. The molecular weight excluding hydrogens is 252 g/mol. The summed E-state index contributed by atoms with van der Waals surface area (Å²) in [6.07, 6.45) is 24.8. The van der Waals surface area contributed by atoms with Crippen molar-refractivity contribution in [2.45, 2.75) is 44.9 Å². The van der Waals surface area contributed by atoms with Crippen LogP contribution in [-0.2, 0) is 0 Å². The van der Waals surface area contributed by atoms with E-state index < -0.39 is 0 Å². The number of rotatable bonds is 7. The van der Waals surface area contributed by atoms with Gasteiger partial charge in [0.05, 0.1) is 0 Å². The molecule has 0 unspecified atom stereocenters. The summed E-state index contributed by atoms with van der Waals surface area (Å²) in [5.41, 5.74) is 0. The van der Waals surface area contributed by atoms with Gasteiger partial charge < -0.3 is 0 Å². The molecule has 0 rings (SSSR count). The van der Waals surface area contributed by atoms with Crippen LogP contribution in [0.3, 0.4) is 0 Å². The van der Waals surface area contributed by atoms with Crippen molar-refractivity contribution in [3.63, 3.8) is 0 Å². The Hall–Kier alpha value is -2.72. The number of hydrogen-bond acceptors (Lipinski definition) is 0. The van der Waals surface area contributed by atoms with Crippen LogP contribution < -0.4 is 0 Å². The fraction of sp³-hybridized carbons (Fsp3) is 0.333. The molecule has 0 aliphatic rings. The summed E-state index contributed by atoms with van der Waals surface area (Å²) in [6.45, 7) is 0. The van der Waals surface area contributed by atoms with Crippen LogP contribution in [0.2, 0.25) is 0 Å². The van der Waals surface area contributed by atoms with Crippen molar-refractivity contribution in [2.24, 2.45) is 0 Å². The molecule has 0 aliphatic heterocycles. The summed E-state index contributed by atoms with van der Waals surface area (Å²) < 4.78 is 0. The van der Waals surface area contributed by atoms with E-state index in [0.29, 0.717) is 0 Å². The highest BCUT2D eigenvalue weighted by Crippen LogP contribution is 2.01. The average Bonchev–Trinajstić information content (AvgIpc) is 2.50. The van der Waals surface area contributed by atoms with Crippen molar-refractivity contribution in [1.29, 1.82) is 0 Å². The van der Waals surface area contributed by atoms with E-state index in [-0.39, 0.29) is 0 Å². The smallest absolute Gasteiger partial charge is 0.0108 e. The van der Waals surface area contributed by atoms with Crippen molar-refractivity contribution in [1.82, 2.24) is 0 Å². The van der Waals surface area contributed by atoms with Crippen LogP contribution in [0.5, 0.6) is 0 Å². The molecule has 104 valence electrons. The molecule has 0 atom stereocenters. The molecule has 0 aliphatic carbocycles. The van der Waals surface area contributed by atoms with Crippen LogP contribution in [0.25, 0.3) is 0 Å². The van der Waals surface area contributed by atoms with Crippen LogP contribution in [-0.4, -0.2) is 0 Å². The monoisotopic (exact) mass is 272 g/mol. The van der Waals surface area contributed by atoms with Crippen LogP contribution >= 0.6 is 0 Å². The first-order valence-electron chi connectivity index (χ1n) is 7.09. The molecule has 0 spiro atoms. The number of terminal acetylenes is 2. The van der Waals surface area contributed by atoms with E-state index in [1.807, 2.05) is 12.2 Å². The van der Waals surface area contributed by atoms with Crippen molar-refractivity contribution in [3.05, 3.63) is 24.3 Å². The maximum atomic E-state index is 5.11. The van der Waals surface area contributed by atoms with Crippen LogP contribution in [0.15, 0.2) is 24.3 Å². The average molecular weight is 272 g/mol. The zero-order valence-electron chi connectivity index (χ0n) is 12.4. The molecule has 0 N–H and O–H groups in total. The van der Waals surface area contributed by atoms with Crippen molar-refractivity contribution < 1.29 is 0 Å². The predicted octanol–water partition coefficient (Wildman–Crippen LogP) is 4.11. The Labute approximate surface area is 130 Å². The molecule has 0 nitrogen and oxygen atoms in total. The minimum absolute atomic E-state index is 0.794. The first-order valence-corrected chi connectivity index (χ1v) is 7.09. The van der Waals surface area contributed by atoms with Gasteiger partial charge in [-0.3, -0.25) is 0 Å². The van der Waals surface area contributed by atoms with Gasteiger partial charge in [0.15, 0.2) is 0 Å². The number of hydrogen-bond donors (Lipinski definition) is 0. The van der Waals surface area contributed by atoms with Gasteiger partial charge in [-0.25, -0.2) is 0 Å². The molecule has 0 saturated heterocycles. The van der Waals surface area contributed by atoms with Gasteiger partial charge in [-0.1, -0.05) is 35.8 Å². The van der Waals surface area contributed by atoms with E-state index in [2.05, 4.69) is 53.4 Å². The van der Waals surface area contributed by atoms with E-state index in [4.69, 9.17) is 12.8 Å². The maximum absolute atomic E-state index is 5.11. The molecule has 0 heteroatoms. The van der Waals surface area contributed by atoms with E-state index in [0.717, 1.165) is 44.9 Å². The lowest BCUT2D eigenvalue weighted by atomic mass is 10.2. The number of allylic oxidation sites excluding steroid dienone is 4. The Kier molecular flexibility index (Phi) is 15.0. The fourth-order valence-electron chi connectivity index (χ4n) is 1.38. The lowest BCUT2D eigenvalue weighted by Crippen LogP contribution is -1.71. The van der Waals surface area contributed by atoms with Gasteiger partial charge >= 0.3 is 0 Å². The predicted molar refractivity (Wildman–Crippen MR) is 91.6 cm³/mol. The van der Waals surface area contributed by atoms with Crippen molar-refractivity contribution in [3.8, 4) is 60.2 Å². The highest BCUT2D eigenvalue weighted by atomic mass is 13.9. The molecule has 0 radical (unpaired) electrons. The Bertz CT molecular complexity index is 581. The van der Waals surface area contributed by atoms with Gasteiger partial charge in [-0.15, -0.1) is 12.8 Å². The summed E-state index contributed by atoms with van der Waals surface area (Å²) >= 11 is 0. The van der Waals surface area contributed by atoms with E-state index in [9.17, 15) is 0 Å². The fourth-order valence-corrected chi connectivity index (χ4v) is 1.38. The molecular formula is C21H20. The van der Waals surface area contributed by atoms with E-state index in [1.165, 1.54) is 0 Å². The molecule has 0 aromatic carbocycles. The third-order valence-electron chi connectivity index (χ3n) is 2.39. The minimum atomic E-state index is 0.794. The Morgan fingerprint density at radius 2 is 1.38 bits per heavy atom. The van der Waals surface area contributed by atoms with Gasteiger partial charge in [0.2, 0.25) is 0 Å². The Morgan fingerprint density at radius 3 is 2.05 bits per heavy atom. The topological polar surface area (TPSA) is 0 Å². The summed E-state index contributed by atoms with van der Waals surface area (Å²) in [7, 11) is 0. The Balaban J connectivity index is 3.57. The zero-order chi connectivity index (χ0) is 15.4. The molecule has 0 amide bonds. The SMILES string of the molecule is C#CC#CCCCC#CC#CC=CCCCCC=CC#C. The summed E-state index contributed by atoms with van der Waals surface area (Å²) in [6, 6.07) is 0. The highest BCUT2D eigenvalue weighted by Gasteiger charge is 1.82. The van der Waals surface area contributed by atoms with Gasteiger partial charge in [-0.2, -0.15) is 0 Å². The molecule has 0 bridgehead atoms. The van der Waals surface area contributed by atoms with Gasteiger partial charge in [-0.05, 0) is 67.9 Å². The third kappa shape index (κ3) is 17.3. The summed E-state index contributed by atoms with van der Waals surface area (Å²) in [5.74, 6) is 21.7. The second-order valence-electron chi connectivity index (χ2n) is 4.13. The highest BCUT2D eigenvalue weighted by molar-refractivity contribution is 5.30. The molecule has 0 heterocycles. The van der Waals surface area contributed by atoms with Crippen molar-refractivity contribution in [2.75, 3.05) is 0 Å². The lowest BCUT2D eigenvalue weighted by molar-refractivity contribution is 0.762. The third-order valence-corrected chi connectivity index (χ3v) is 2.39. The van der Waals surface area contributed by atoms with Crippen LogP contribution in [0.1, 0.15) is 44.9 Å². The first-order chi connectivity index (χ1) is 10.4. The second kappa shape index (κ2) is 17.3. The van der Waals surface area contributed by atoms with Crippen LogP contribution in [0.4, 0.5) is 0 Å². The quantitative estimate of drug-likeness (QED) is 0.483. The second-order valence-corrected chi connectivity index (χ2v) is 4.13. The van der Waals surface area contributed by atoms with E-state index in [1.54, 1.807) is 6.08 Å². The summed E-state index contributed by atoms with van der Waals surface area (Å²) in [4.78, 5) is 0. The minimum Gasteiger partial charge on any atom is -0.115 e. The van der Waals surface area contributed by atoms with Crippen LogP contribution in [0, 0.1) is 60.2 Å². The van der Waals surface area contributed by atoms with Gasteiger partial charge in [0, 0.05) is 12.8 Å². The molecule has 0 saturated carbocycles. The molecule has 0 aromatic heterocycles. The lowest BCUT2D eigenvalue weighted by Gasteiger charge is -1.90. The van der Waals surface area contributed by atoms with Gasteiger partial charge in [0.1, 0.15) is 0 Å². The molecule has 21 heavy (non-hydrogen) atoms. The normalized spacial score (nSPS) is 8.67. The van der Waals surface area contributed by atoms with E-state index >= 15 is 0 Å². The van der Waals surface area contributed by atoms with Gasteiger partial charge in [0.25, 0.3) is 0 Å². The zero-order valence-corrected chi connectivity index (χ0v) is 12.4. The van der Waals surface area contributed by atoms with Crippen molar-refractivity contribution >= 4 is 0 Å². The summed E-state index contributed by atoms with van der Waals surface area (Å²) in [5, 5.41) is 0. The standard InChI is InChI=1S/C21H20/c1-3-5-7-9-11-13-15-17-19-21-20-18-16-14-12-10-8-6-4-2/h1-2,5,7,17,19H,9-15H2. The first kappa shape index (κ1) is 18.3. The number of unbranched alkanes of at least 4 members (excludes halogenated alkanes) is 5. The molecule has 0 fully saturated rings.